The normalized spacial score (nSPS) is 20.0. The molecule has 17 heavy (non-hydrogen) atoms. The number of hydrogen-bond donors (Lipinski definition) is 1. The van der Waals surface area contributed by atoms with Gasteiger partial charge in [0.2, 0.25) is 0 Å². The predicted molar refractivity (Wildman–Crippen MR) is 81.2 cm³/mol. The van der Waals surface area contributed by atoms with Gasteiger partial charge in [-0.2, -0.15) is 0 Å². The first kappa shape index (κ1) is 13.0. The zero-order chi connectivity index (χ0) is 12.4. The van der Waals surface area contributed by atoms with Crippen LogP contribution in [0.25, 0.3) is 0 Å². The fourth-order valence-electron chi connectivity index (χ4n) is 1.81. The number of hydrogen-bond acceptors (Lipinski definition) is 3. The topological polar surface area (TPSA) is 24.4 Å². The van der Waals surface area contributed by atoms with E-state index in [1.54, 1.807) is 11.8 Å². The fourth-order valence-corrected chi connectivity index (χ4v) is 3.48. The van der Waals surface area contributed by atoms with Gasteiger partial charge in [0.15, 0.2) is 5.17 Å². The lowest BCUT2D eigenvalue weighted by atomic mass is 10.1. The van der Waals surface area contributed by atoms with Crippen molar-refractivity contribution in [1.82, 2.24) is 0 Å². The van der Waals surface area contributed by atoms with E-state index < -0.39 is 0 Å². The lowest BCUT2D eigenvalue weighted by Gasteiger charge is -2.19. The third-order valence-corrected chi connectivity index (χ3v) is 4.58. The van der Waals surface area contributed by atoms with Gasteiger partial charge in [-0.25, -0.2) is 0 Å². The Balaban J connectivity index is 2.19. The molecule has 1 aliphatic rings. The summed E-state index contributed by atoms with van der Waals surface area (Å²) in [4.78, 5) is 4.56. The Kier molecular flexibility index (Phi) is 4.15. The molecule has 1 unspecified atom stereocenters. The molecule has 1 aliphatic heterocycles. The number of aryl methyl sites for hydroxylation is 2. The maximum Gasteiger partial charge on any atom is 0.161 e. The van der Waals surface area contributed by atoms with Crippen LogP contribution in [0.5, 0.6) is 0 Å². The highest BCUT2D eigenvalue weighted by Gasteiger charge is 2.14. The molecule has 0 fully saturated rings. The molecule has 0 spiro atoms. The number of benzene rings is 1. The maximum absolute atomic E-state index is 4.56. The Morgan fingerprint density at radius 2 is 2.18 bits per heavy atom. The van der Waals surface area contributed by atoms with Gasteiger partial charge in [-0.05, 0) is 52.9 Å². The van der Waals surface area contributed by atoms with Crippen LogP contribution in [0, 0.1) is 19.8 Å². The number of aliphatic imine (C=N–C) groups is 1. The van der Waals surface area contributed by atoms with Gasteiger partial charge in [-0.3, -0.25) is 4.99 Å². The van der Waals surface area contributed by atoms with Gasteiger partial charge in [0, 0.05) is 16.8 Å². The molecule has 92 valence electrons. The molecule has 1 aromatic rings. The Morgan fingerprint density at radius 3 is 2.76 bits per heavy atom. The lowest BCUT2D eigenvalue weighted by molar-refractivity contribution is 0.674. The Bertz CT molecular complexity index is 434. The molecule has 0 bridgehead atoms. The second-order valence-corrected chi connectivity index (χ2v) is 6.49. The van der Waals surface area contributed by atoms with E-state index in [1.807, 2.05) is 0 Å². The predicted octanol–water partition coefficient (Wildman–Crippen LogP) is 4.22. The van der Waals surface area contributed by atoms with Crippen molar-refractivity contribution in [1.29, 1.82) is 0 Å². The first-order chi connectivity index (χ1) is 8.06. The highest BCUT2D eigenvalue weighted by molar-refractivity contribution is 9.10. The third kappa shape index (κ3) is 3.26. The van der Waals surface area contributed by atoms with Gasteiger partial charge in [-0.15, -0.1) is 0 Å². The van der Waals surface area contributed by atoms with Crippen molar-refractivity contribution >= 4 is 38.5 Å². The van der Waals surface area contributed by atoms with Gasteiger partial charge in [0.25, 0.3) is 0 Å². The van der Waals surface area contributed by atoms with Crippen molar-refractivity contribution in [2.24, 2.45) is 10.9 Å². The first-order valence-electron chi connectivity index (χ1n) is 5.77. The summed E-state index contributed by atoms with van der Waals surface area (Å²) in [7, 11) is 0. The molecule has 1 aromatic carbocycles. The molecule has 4 heteroatoms. The Hall–Kier alpha value is -0.480. The van der Waals surface area contributed by atoms with Crippen LogP contribution in [-0.4, -0.2) is 17.5 Å². The quantitative estimate of drug-likeness (QED) is 0.839. The van der Waals surface area contributed by atoms with Crippen molar-refractivity contribution in [2.75, 3.05) is 17.6 Å². The summed E-state index contributed by atoms with van der Waals surface area (Å²) in [5.74, 6) is 1.84. The van der Waals surface area contributed by atoms with Crippen LogP contribution >= 0.6 is 27.7 Å². The summed E-state index contributed by atoms with van der Waals surface area (Å²) in [6.45, 7) is 7.39. The largest absolute Gasteiger partial charge is 0.334 e. The van der Waals surface area contributed by atoms with Gasteiger partial charge in [0.05, 0.1) is 5.69 Å². The molecule has 0 saturated carbocycles. The second-order valence-electron chi connectivity index (χ2n) is 4.63. The molecule has 1 N–H and O–H groups in total. The van der Waals surface area contributed by atoms with E-state index in [2.05, 4.69) is 59.1 Å². The van der Waals surface area contributed by atoms with Crippen molar-refractivity contribution < 1.29 is 0 Å². The highest BCUT2D eigenvalue weighted by atomic mass is 79.9. The van der Waals surface area contributed by atoms with E-state index in [0.29, 0.717) is 5.92 Å². The molecular formula is C13H17BrN2S. The minimum Gasteiger partial charge on any atom is -0.334 e. The summed E-state index contributed by atoms with van der Waals surface area (Å²) < 4.78 is 1.11. The van der Waals surface area contributed by atoms with Crippen LogP contribution in [-0.2, 0) is 0 Å². The van der Waals surface area contributed by atoms with Crippen LogP contribution in [0.15, 0.2) is 21.6 Å². The molecule has 0 saturated heterocycles. The molecule has 0 radical (unpaired) electrons. The minimum absolute atomic E-state index is 0.688. The number of nitrogens with one attached hydrogen (secondary N) is 1. The number of amidine groups is 1. The molecule has 1 heterocycles. The Morgan fingerprint density at radius 1 is 1.41 bits per heavy atom. The number of halogens is 1. The van der Waals surface area contributed by atoms with E-state index in [4.69, 9.17) is 0 Å². The Labute approximate surface area is 115 Å². The average Bonchev–Trinajstić information content (AvgIpc) is 2.26. The van der Waals surface area contributed by atoms with Crippen molar-refractivity contribution in [3.8, 4) is 0 Å². The molecule has 0 amide bonds. The average molecular weight is 313 g/mol. The number of thioether (sulfide) groups is 1. The van der Waals surface area contributed by atoms with Gasteiger partial charge in [-0.1, -0.05) is 24.8 Å². The second kappa shape index (κ2) is 5.44. The molecular weight excluding hydrogens is 296 g/mol. The van der Waals surface area contributed by atoms with Gasteiger partial charge >= 0.3 is 0 Å². The van der Waals surface area contributed by atoms with Crippen LogP contribution in [0.4, 0.5) is 5.69 Å². The molecule has 2 rings (SSSR count). The molecule has 2 nitrogen and oxygen atoms in total. The minimum atomic E-state index is 0.688. The lowest BCUT2D eigenvalue weighted by Crippen LogP contribution is -2.19. The number of nitrogens with zero attached hydrogens (tertiary/aromatic N) is 1. The van der Waals surface area contributed by atoms with E-state index >= 15 is 0 Å². The summed E-state index contributed by atoms with van der Waals surface area (Å²) >= 11 is 5.42. The first-order valence-corrected chi connectivity index (χ1v) is 7.55. The van der Waals surface area contributed by atoms with Crippen molar-refractivity contribution in [3.05, 3.63) is 27.7 Å². The summed E-state index contributed by atoms with van der Waals surface area (Å²) in [5.41, 5.74) is 3.65. The fraction of sp³-hybridized carbons (Fsp3) is 0.462. The van der Waals surface area contributed by atoms with Gasteiger partial charge < -0.3 is 5.32 Å². The van der Waals surface area contributed by atoms with E-state index in [9.17, 15) is 0 Å². The molecule has 0 aromatic heterocycles. The smallest absolute Gasteiger partial charge is 0.161 e. The zero-order valence-electron chi connectivity index (χ0n) is 10.4. The summed E-state index contributed by atoms with van der Waals surface area (Å²) in [6, 6.07) is 4.32. The molecule has 1 atom stereocenters. The summed E-state index contributed by atoms with van der Waals surface area (Å²) in [5, 5.41) is 4.47. The van der Waals surface area contributed by atoms with E-state index in [0.717, 1.165) is 27.6 Å². The summed E-state index contributed by atoms with van der Waals surface area (Å²) in [6.07, 6.45) is 0. The monoisotopic (exact) mass is 312 g/mol. The standard InChI is InChI=1S/C13H17BrN2S/c1-8-4-10(3)12(11(14)5-8)16-13-15-6-9(2)7-17-13/h4-5,9H,6-7H2,1-3H3,(H,15,16). The SMILES string of the molecule is Cc1cc(C)c(NC2=NCC(C)CS2)c(Br)c1. The van der Waals surface area contributed by atoms with Crippen molar-refractivity contribution in [2.45, 2.75) is 20.8 Å². The molecule has 0 aliphatic carbocycles. The van der Waals surface area contributed by atoms with E-state index in [-0.39, 0.29) is 0 Å². The van der Waals surface area contributed by atoms with Crippen LogP contribution < -0.4 is 5.32 Å². The highest BCUT2D eigenvalue weighted by Crippen LogP contribution is 2.29. The van der Waals surface area contributed by atoms with Gasteiger partial charge in [0.1, 0.15) is 0 Å². The zero-order valence-corrected chi connectivity index (χ0v) is 12.8. The third-order valence-electron chi connectivity index (χ3n) is 2.71. The number of anilines is 1. The van der Waals surface area contributed by atoms with Crippen LogP contribution in [0.3, 0.4) is 0 Å². The maximum atomic E-state index is 4.56. The van der Waals surface area contributed by atoms with Crippen molar-refractivity contribution in [3.63, 3.8) is 0 Å². The van der Waals surface area contributed by atoms with Crippen LogP contribution in [0.2, 0.25) is 0 Å². The van der Waals surface area contributed by atoms with Crippen LogP contribution in [0.1, 0.15) is 18.1 Å². The van der Waals surface area contributed by atoms with E-state index in [1.165, 1.54) is 11.1 Å². The number of rotatable bonds is 1.